The first-order valence-corrected chi connectivity index (χ1v) is 8.21. The van der Waals surface area contributed by atoms with Gasteiger partial charge in [0.15, 0.2) is 11.6 Å². The Bertz CT molecular complexity index is 735. The third-order valence-electron chi connectivity index (χ3n) is 4.26. The van der Waals surface area contributed by atoms with Gasteiger partial charge in [-0.15, -0.1) is 0 Å². The number of benzene rings is 2. The van der Waals surface area contributed by atoms with Crippen LogP contribution in [0.1, 0.15) is 11.1 Å². The largest absolute Gasteiger partial charge is 0.497 e. The minimum absolute atomic E-state index is 0.101. The normalized spacial score (nSPS) is 25.7. The fourth-order valence-electron chi connectivity index (χ4n) is 2.74. The summed E-state index contributed by atoms with van der Waals surface area (Å²) in [7, 11) is 1.59. The van der Waals surface area contributed by atoms with Crippen LogP contribution in [0.2, 0.25) is 0 Å². The summed E-state index contributed by atoms with van der Waals surface area (Å²) >= 11 is 0. The van der Waals surface area contributed by atoms with Crippen molar-refractivity contribution in [1.29, 1.82) is 0 Å². The molecule has 2 aromatic carbocycles. The summed E-state index contributed by atoms with van der Waals surface area (Å²) in [5.74, 6) is 0.0468. The molecule has 1 fully saturated rings. The molecule has 0 aromatic heterocycles. The first-order valence-electron chi connectivity index (χ1n) is 8.21. The van der Waals surface area contributed by atoms with Crippen molar-refractivity contribution in [3.63, 3.8) is 0 Å². The van der Waals surface area contributed by atoms with E-state index in [1.165, 1.54) is 12.1 Å². The van der Waals surface area contributed by atoms with E-state index in [4.69, 9.17) is 14.2 Å². The van der Waals surface area contributed by atoms with Gasteiger partial charge in [0.25, 0.3) is 0 Å². The molecule has 1 aliphatic rings. The smallest absolute Gasteiger partial charge is 0.229 e. The number of aliphatic hydroxyl groups is 3. The highest BCUT2D eigenvalue weighted by Gasteiger charge is 2.39. The van der Waals surface area contributed by atoms with Crippen LogP contribution >= 0.6 is 0 Å². The summed E-state index contributed by atoms with van der Waals surface area (Å²) in [6.07, 6.45) is -4.81. The van der Waals surface area contributed by atoms with Gasteiger partial charge in [-0.2, -0.15) is 0 Å². The van der Waals surface area contributed by atoms with Crippen LogP contribution in [0.3, 0.4) is 0 Å². The third-order valence-corrected chi connectivity index (χ3v) is 4.26. The Kier molecular flexibility index (Phi) is 5.73. The molecule has 0 radical (unpaired) electrons. The molecule has 140 valence electrons. The van der Waals surface area contributed by atoms with E-state index in [2.05, 4.69) is 0 Å². The average Bonchev–Trinajstić information content (AvgIpc) is 2.64. The van der Waals surface area contributed by atoms with Crippen LogP contribution in [0, 0.1) is 5.82 Å². The Morgan fingerprint density at radius 2 is 1.73 bits per heavy atom. The zero-order valence-corrected chi connectivity index (χ0v) is 14.2. The van der Waals surface area contributed by atoms with E-state index in [-0.39, 0.29) is 12.4 Å². The van der Waals surface area contributed by atoms with Crippen molar-refractivity contribution in [3.05, 3.63) is 59.4 Å². The van der Waals surface area contributed by atoms with Gasteiger partial charge in [0.1, 0.15) is 24.1 Å². The first kappa shape index (κ1) is 18.6. The number of rotatable bonds is 5. The molecule has 1 saturated heterocycles. The molecule has 0 aliphatic carbocycles. The second-order valence-electron chi connectivity index (χ2n) is 6.16. The van der Waals surface area contributed by atoms with E-state index in [1.807, 2.05) is 24.3 Å². The van der Waals surface area contributed by atoms with Gasteiger partial charge in [-0.05, 0) is 41.8 Å². The van der Waals surface area contributed by atoms with Gasteiger partial charge in [-0.1, -0.05) is 18.2 Å². The maximum atomic E-state index is 14.3. The minimum Gasteiger partial charge on any atom is -0.497 e. The van der Waals surface area contributed by atoms with Crippen molar-refractivity contribution in [2.45, 2.75) is 31.0 Å². The van der Waals surface area contributed by atoms with Crippen molar-refractivity contribution in [2.75, 3.05) is 13.7 Å². The SMILES string of the molecule is COc1ccc(Cc2ccc(O[C@H]3OC[C@H](O)[C@H](O)[C@H]3O)c(F)c2)cc1. The lowest BCUT2D eigenvalue weighted by Gasteiger charge is -2.34. The maximum Gasteiger partial charge on any atom is 0.229 e. The Labute approximate surface area is 150 Å². The maximum absolute atomic E-state index is 14.3. The van der Waals surface area contributed by atoms with Crippen LogP contribution < -0.4 is 9.47 Å². The highest BCUT2D eigenvalue weighted by molar-refractivity contribution is 5.35. The molecule has 3 rings (SSSR count). The third kappa shape index (κ3) is 4.13. The molecular weight excluding hydrogens is 343 g/mol. The highest BCUT2D eigenvalue weighted by Crippen LogP contribution is 2.25. The van der Waals surface area contributed by atoms with Crippen LogP contribution in [-0.2, 0) is 11.2 Å². The molecule has 6 nitrogen and oxygen atoms in total. The summed E-state index contributed by atoms with van der Waals surface area (Å²) in [5.41, 5.74) is 1.75. The fourth-order valence-corrected chi connectivity index (χ4v) is 2.74. The summed E-state index contributed by atoms with van der Waals surface area (Å²) in [6.45, 7) is -0.208. The standard InChI is InChI=1S/C19H21FO6/c1-24-13-5-2-11(3-6-13)8-12-4-7-16(14(20)9-12)26-19-18(23)17(22)15(21)10-25-19/h2-7,9,15,17-19,21-23H,8,10H2,1H3/t15-,17-,18+,19+/m0/s1. The van der Waals surface area contributed by atoms with Crippen LogP contribution in [0.25, 0.3) is 0 Å². The lowest BCUT2D eigenvalue weighted by molar-refractivity contribution is -0.242. The number of hydrogen-bond donors (Lipinski definition) is 3. The van der Waals surface area contributed by atoms with Crippen LogP contribution in [-0.4, -0.2) is 53.6 Å². The highest BCUT2D eigenvalue weighted by atomic mass is 19.1. The van der Waals surface area contributed by atoms with Crippen molar-refractivity contribution in [3.8, 4) is 11.5 Å². The molecule has 0 bridgehead atoms. The Hall–Kier alpha value is -2.19. The second-order valence-corrected chi connectivity index (χ2v) is 6.16. The lowest BCUT2D eigenvalue weighted by atomic mass is 10.0. The summed E-state index contributed by atoms with van der Waals surface area (Å²) in [5, 5.41) is 28.9. The monoisotopic (exact) mass is 364 g/mol. The molecule has 3 N–H and O–H groups in total. The van der Waals surface area contributed by atoms with E-state index in [1.54, 1.807) is 13.2 Å². The first-order chi connectivity index (χ1) is 12.5. The molecule has 0 unspecified atom stereocenters. The minimum atomic E-state index is -1.47. The van der Waals surface area contributed by atoms with Crippen LogP contribution in [0.4, 0.5) is 4.39 Å². The predicted octanol–water partition coefficient (Wildman–Crippen LogP) is 1.24. The number of hydrogen-bond acceptors (Lipinski definition) is 6. The molecule has 26 heavy (non-hydrogen) atoms. The van der Waals surface area contributed by atoms with Crippen molar-refractivity contribution < 1.29 is 33.9 Å². The van der Waals surface area contributed by atoms with Gasteiger partial charge in [0.2, 0.25) is 6.29 Å². The number of methoxy groups -OCH3 is 1. The van der Waals surface area contributed by atoms with E-state index in [0.717, 1.165) is 16.9 Å². The number of aliphatic hydroxyl groups excluding tert-OH is 3. The molecular formula is C19H21FO6. The Balaban J connectivity index is 1.67. The van der Waals surface area contributed by atoms with Crippen LogP contribution in [0.5, 0.6) is 11.5 Å². The Morgan fingerprint density at radius 3 is 2.38 bits per heavy atom. The molecule has 1 aliphatic heterocycles. The van der Waals surface area contributed by atoms with Crippen molar-refractivity contribution >= 4 is 0 Å². The summed E-state index contributed by atoms with van der Waals surface area (Å²) < 4.78 is 29.9. The van der Waals surface area contributed by atoms with E-state index in [9.17, 15) is 19.7 Å². The molecule has 1 heterocycles. The Morgan fingerprint density at radius 1 is 1.04 bits per heavy atom. The number of ether oxygens (including phenoxy) is 3. The molecule has 0 amide bonds. The van der Waals surface area contributed by atoms with Gasteiger partial charge in [-0.3, -0.25) is 0 Å². The van der Waals surface area contributed by atoms with Crippen molar-refractivity contribution in [1.82, 2.24) is 0 Å². The summed E-state index contributed by atoms with van der Waals surface area (Å²) in [4.78, 5) is 0. The van der Waals surface area contributed by atoms with E-state index < -0.39 is 30.4 Å². The zero-order chi connectivity index (χ0) is 18.7. The number of halogens is 1. The second kappa shape index (κ2) is 8.01. The quantitative estimate of drug-likeness (QED) is 0.740. The lowest BCUT2D eigenvalue weighted by Crippen LogP contribution is -2.54. The molecule has 0 spiro atoms. The zero-order valence-electron chi connectivity index (χ0n) is 14.2. The van der Waals surface area contributed by atoms with Gasteiger partial charge < -0.3 is 29.5 Å². The van der Waals surface area contributed by atoms with Gasteiger partial charge in [0.05, 0.1) is 13.7 Å². The van der Waals surface area contributed by atoms with Gasteiger partial charge >= 0.3 is 0 Å². The van der Waals surface area contributed by atoms with Crippen LogP contribution in [0.15, 0.2) is 42.5 Å². The average molecular weight is 364 g/mol. The molecule has 7 heteroatoms. The topological polar surface area (TPSA) is 88.4 Å². The van der Waals surface area contributed by atoms with Crippen molar-refractivity contribution in [2.24, 2.45) is 0 Å². The molecule has 0 saturated carbocycles. The fraction of sp³-hybridized carbons (Fsp3) is 0.368. The summed E-state index contributed by atoms with van der Waals surface area (Å²) in [6, 6.07) is 12.0. The van der Waals surface area contributed by atoms with E-state index in [0.29, 0.717) is 6.42 Å². The predicted molar refractivity (Wildman–Crippen MR) is 90.6 cm³/mol. The van der Waals surface area contributed by atoms with E-state index >= 15 is 0 Å². The van der Waals surface area contributed by atoms with Gasteiger partial charge in [-0.25, -0.2) is 4.39 Å². The van der Waals surface area contributed by atoms with Gasteiger partial charge in [0, 0.05) is 0 Å². The molecule has 2 aromatic rings. The molecule has 4 atom stereocenters.